The first-order valence-corrected chi connectivity index (χ1v) is 10.4. The lowest BCUT2D eigenvalue weighted by molar-refractivity contribution is 0.182. The number of unbranched alkanes of at least 4 members (excludes halogenated alkanes) is 1. The van der Waals surface area contributed by atoms with E-state index < -0.39 is 0 Å². The minimum absolute atomic E-state index is 0.232. The molecular weight excluding hydrogens is 373 g/mol. The maximum atomic E-state index is 14.4. The Morgan fingerprint density at radius 3 is 2.47 bits per heavy atom. The van der Waals surface area contributed by atoms with E-state index in [-0.39, 0.29) is 11.9 Å². The molecule has 1 aromatic heterocycles. The van der Waals surface area contributed by atoms with Gasteiger partial charge in [0, 0.05) is 22.9 Å². The van der Waals surface area contributed by atoms with Gasteiger partial charge in [0.05, 0.1) is 11.8 Å². The fraction of sp³-hybridized carbons (Fsp3) is 0.222. The number of aliphatic hydroxyl groups excluding tert-OH is 1. The molecule has 0 aliphatic carbocycles. The number of hydrogen-bond donors (Lipinski definition) is 1. The molecule has 2 nitrogen and oxygen atoms in total. The van der Waals surface area contributed by atoms with Crippen molar-refractivity contribution in [2.75, 3.05) is 0 Å². The van der Waals surface area contributed by atoms with Crippen LogP contribution < -0.4 is 0 Å². The van der Waals surface area contributed by atoms with Gasteiger partial charge in [0.1, 0.15) is 5.82 Å². The Labute approximate surface area is 178 Å². The van der Waals surface area contributed by atoms with Crippen molar-refractivity contribution in [3.63, 3.8) is 0 Å². The number of hydrogen-bond acceptors (Lipinski definition) is 2. The van der Waals surface area contributed by atoms with Gasteiger partial charge in [0.15, 0.2) is 0 Å². The Kier molecular flexibility index (Phi) is 7.69. The minimum Gasteiger partial charge on any atom is -0.393 e. The summed E-state index contributed by atoms with van der Waals surface area (Å²) < 4.78 is 14.4. The van der Waals surface area contributed by atoms with Crippen molar-refractivity contribution in [1.29, 1.82) is 0 Å². The molecule has 0 aliphatic rings. The highest BCUT2D eigenvalue weighted by atomic mass is 19.1. The van der Waals surface area contributed by atoms with Crippen LogP contribution >= 0.6 is 0 Å². The summed E-state index contributed by atoms with van der Waals surface area (Å²) in [6, 6.07) is 17.3. The summed E-state index contributed by atoms with van der Waals surface area (Å²) in [7, 11) is 0. The summed E-state index contributed by atoms with van der Waals surface area (Å²) in [5.41, 5.74) is 5.24. The van der Waals surface area contributed by atoms with Gasteiger partial charge in [0.2, 0.25) is 0 Å². The smallest absolute Gasteiger partial charge is 0.131 e. The topological polar surface area (TPSA) is 33.1 Å². The Bertz CT molecular complexity index is 988. The number of halogens is 1. The van der Waals surface area contributed by atoms with Crippen LogP contribution in [0.15, 0.2) is 79.5 Å². The number of nitrogens with zero attached hydrogens (tertiary/aromatic N) is 1. The molecule has 0 saturated carbocycles. The van der Waals surface area contributed by atoms with Crippen molar-refractivity contribution in [3.05, 3.63) is 96.5 Å². The highest BCUT2D eigenvalue weighted by Crippen LogP contribution is 2.26. The Hall–Kier alpha value is -3.04. The van der Waals surface area contributed by atoms with E-state index in [1.807, 2.05) is 37.3 Å². The highest BCUT2D eigenvalue weighted by Gasteiger charge is 2.07. The zero-order valence-electron chi connectivity index (χ0n) is 17.4. The first-order chi connectivity index (χ1) is 14.6. The molecule has 1 N–H and O–H groups in total. The van der Waals surface area contributed by atoms with Crippen molar-refractivity contribution in [1.82, 2.24) is 4.98 Å². The number of rotatable bonds is 9. The standard InChI is InChI=1S/C27H28FNO/c1-3-7-22-12-16-25(26(28)18-22)24-15-17-27(29-19-24)23-13-10-21(11-14-23)9-6-4-5-8-20(2)30/h3,6,9-20,30H,1,4-5,7-8H2,2H3. The molecule has 0 aliphatic heterocycles. The number of aromatic nitrogens is 1. The van der Waals surface area contributed by atoms with Crippen LogP contribution in [-0.2, 0) is 6.42 Å². The summed E-state index contributed by atoms with van der Waals surface area (Å²) in [4.78, 5) is 4.53. The second-order valence-electron chi connectivity index (χ2n) is 7.54. The van der Waals surface area contributed by atoms with Crippen LogP contribution in [0.2, 0.25) is 0 Å². The van der Waals surface area contributed by atoms with Crippen LogP contribution in [-0.4, -0.2) is 16.2 Å². The van der Waals surface area contributed by atoms with Gasteiger partial charge in [-0.25, -0.2) is 4.39 Å². The Morgan fingerprint density at radius 2 is 1.83 bits per heavy atom. The summed E-state index contributed by atoms with van der Waals surface area (Å²) in [6.45, 7) is 5.51. The van der Waals surface area contributed by atoms with Gasteiger partial charge >= 0.3 is 0 Å². The van der Waals surface area contributed by atoms with E-state index in [1.165, 1.54) is 0 Å². The molecule has 1 heterocycles. The van der Waals surface area contributed by atoms with Crippen molar-refractivity contribution >= 4 is 6.08 Å². The average Bonchev–Trinajstić information content (AvgIpc) is 2.74. The molecule has 1 atom stereocenters. The van der Waals surface area contributed by atoms with E-state index in [9.17, 15) is 9.50 Å². The van der Waals surface area contributed by atoms with Crippen LogP contribution in [0.5, 0.6) is 0 Å². The van der Waals surface area contributed by atoms with E-state index in [0.717, 1.165) is 47.2 Å². The van der Waals surface area contributed by atoms with Crippen LogP contribution in [0, 0.1) is 5.82 Å². The van der Waals surface area contributed by atoms with Crippen LogP contribution in [0.3, 0.4) is 0 Å². The van der Waals surface area contributed by atoms with Gasteiger partial charge < -0.3 is 5.11 Å². The molecule has 3 rings (SSSR count). The zero-order valence-corrected chi connectivity index (χ0v) is 17.4. The summed E-state index contributed by atoms with van der Waals surface area (Å²) in [6.07, 6.45) is 10.9. The first-order valence-electron chi connectivity index (χ1n) is 10.4. The zero-order chi connectivity index (χ0) is 21.3. The van der Waals surface area contributed by atoms with Gasteiger partial charge in [0.25, 0.3) is 0 Å². The highest BCUT2D eigenvalue weighted by molar-refractivity contribution is 5.68. The van der Waals surface area contributed by atoms with Gasteiger partial charge in [-0.1, -0.05) is 60.7 Å². The third-order valence-electron chi connectivity index (χ3n) is 5.00. The van der Waals surface area contributed by atoms with E-state index in [4.69, 9.17) is 0 Å². The molecule has 3 aromatic rings. The molecule has 30 heavy (non-hydrogen) atoms. The van der Waals surface area contributed by atoms with E-state index >= 15 is 0 Å². The lowest BCUT2D eigenvalue weighted by Gasteiger charge is -2.07. The maximum absolute atomic E-state index is 14.4. The molecule has 0 fully saturated rings. The van der Waals surface area contributed by atoms with Crippen LogP contribution in [0.25, 0.3) is 28.5 Å². The predicted octanol–water partition coefficient (Wildman–Crippen LogP) is 6.85. The molecule has 0 radical (unpaired) electrons. The third kappa shape index (κ3) is 5.98. The molecular formula is C27H28FNO. The molecule has 1 unspecified atom stereocenters. The molecule has 3 heteroatoms. The molecule has 0 bridgehead atoms. The fourth-order valence-electron chi connectivity index (χ4n) is 3.33. The monoisotopic (exact) mass is 401 g/mol. The van der Waals surface area contributed by atoms with Gasteiger partial charge in [-0.2, -0.15) is 0 Å². The predicted molar refractivity (Wildman–Crippen MR) is 124 cm³/mol. The number of aliphatic hydroxyl groups is 1. The lowest BCUT2D eigenvalue weighted by atomic mass is 10.0. The molecule has 2 aromatic carbocycles. The number of benzene rings is 2. The Balaban J connectivity index is 1.66. The third-order valence-corrected chi connectivity index (χ3v) is 5.00. The largest absolute Gasteiger partial charge is 0.393 e. The molecule has 0 spiro atoms. The lowest BCUT2D eigenvalue weighted by Crippen LogP contribution is -1.97. The van der Waals surface area contributed by atoms with Gasteiger partial charge in [-0.05, 0) is 55.9 Å². The quantitative estimate of drug-likeness (QED) is 0.314. The second kappa shape index (κ2) is 10.7. The fourth-order valence-corrected chi connectivity index (χ4v) is 3.33. The SMILES string of the molecule is C=CCc1ccc(-c2ccc(-c3ccc(C=CCCCC(C)O)cc3)nc2)c(F)c1. The van der Waals surface area contributed by atoms with Crippen LogP contribution in [0.1, 0.15) is 37.3 Å². The normalized spacial score (nSPS) is 12.2. The van der Waals surface area contributed by atoms with Crippen molar-refractivity contribution in [2.24, 2.45) is 0 Å². The minimum atomic E-state index is -0.242. The molecule has 154 valence electrons. The van der Waals surface area contributed by atoms with Crippen molar-refractivity contribution in [2.45, 2.75) is 38.7 Å². The van der Waals surface area contributed by atoms with E-state index in [0.29, 0.717) is 12.0 Å². The second-order valence-corrected chi connectivity index (χ2v) is 7.54. The molecule has 0 amide bonds. The van der Waals surface area contributed by atoms with Crippen molar-refractivity contribution < 1.29 is 9.50 Å². The van der Waals surface area contributed by atoms with E-state index in [2.05, 4.69) is 35.8 Å². The van der Waals surface area contributed by atoms with E-state index in [1.54, 1.807) is 24.4 Å². The van der Waals surface area contributed by atoms with Gasteiger partial charge in [-0.15, -0.1) is 6.58 Å². The summed E-state index contributed by atoms with van der Waals surface area (Å²) in [5.74, 6) is -0.242. The van der Waals surface area contributed by atoms with Crippen molar-refractivity contribution in [3.8, 4) is 22.4 Å². The Morgan fingerprint density at radius 1 is 1.07 bits per heavy atom. The summed E-state index contributed by atoms with van der Waals surface area (Å²) in [5, 5.41) is 9.28. The number of pyridine rings is 1. The number of allylic oxidation sites excluding steroid dienone is 2. The molecule has 0 saturated heterocycles. The van der Waals surface area contributed by atoms with Gasteiger partial charge in [-0.3, -0.25) is 4.98 Å². The average molecular weight is 402 g/mol. The summed E-state index contributed by atoms with van der Waals surface area (Å²) >= 11 is 0. The first kappa shape index (κ1) is 21.7. The van der Waals surface area contributed by atoms with Crippen LogP contribution in [0.4, 0.5) is 4.39 Å². The maximum Gasteiger partial charge on any atom is 0.131 e.